The van der Waals surface area contributed by atoms with Crippen LogP contribution in [0.4, 0.5) is 5.69 Å². The smallest absolute Gasteiger partial charge is 0.264 e. The van der Waals surface area contributed by atoms with Gasteiger partial charge in [-0.05, 0) is 56.2 Å². The van der Waals surface area contributed by atoms with Crippen molar-refractivity contribution in [2.24, 2.45) is 0 Å². The molecule has 27 heavy (non-hydrogen) atoms. The fourth-order valence-electron chi connectivity index (χ4n) is 3.23. The summed E-state index contributed by atoms with van der Waals surface area (Å²) in [5.74, 6) is -0.138. The number of piperidine rings is 1. The van der Waals surface area contributed by atoms with Gasteiger partial charge in [0, 0.05) is 25.2 Å². The SMILES string of the molecule is CCN(c1ccccc1)S(=O)(=O)c1ccc(C(=O)N2CCC(O)CC2)cc1. The molecule has 1 amide bonds. The van der Waals surface area contributed by atoms with Crippen LogP contribution >= 0.6 is 0 Å². The van der Waals surface area contributed by atoms with Crippen LogP contribution in [0.5, 0.6) is 0 Å². The molecule has 1 aliphatic heterocycles. The Hall–Kier alpha value is -2.38. The van der Waals surface area contributed by atoms with Crippen LogP contribution in [-0.4, -0.2) is 50.1 Å². The summed E-state index contributed by atoms with van der Waals surface area (Å²) in [6.45, 7) is 3.12. The minimum Gasteiger partial charge on any atom is -0.393 e. The molecule has 3 rings (SSSR count). The van der Waals surface area contributed by atoms with Crippen LogP contribution in [0.25, 0.3) is 0 Å². The van der Waals surface area contributed by atoms with E-state index in [4.69, 9.17) is 0 Å². The summed E-state index contributed by atoms with van der Waals surface area (Å²) in [6.07, 6.45) is 0.793. The molecule has 1 heterocycles. The Bertz CT molecular complexity index is 874. The maximum Gasteiger partial charge on any atom is 0.264 e. The Morgan fingerprint density at radius 2 is 1.67 bits per heavy atom. The molecule has 144 valence electrons. The topological polar surface area (TPSA) is 77.9 Å². The lowest BCUT2D eigenvalue weighted by molar-refractivity contribution is 0.0546. The second kappa shape index (κ2) is 8.10. The second-order valence-electron chi connectivity index (χ2n) is 6.55. The van der Waals surface area contributed by atoms with Crippen molar-refractivity contribution in [1.29, 1.82) is 0 Å². The average Bonchev–Trinajstić information content (AvgIpc) is 2.69. The van der Waals surface area contributed by atoms with Crippen molar-refractivity contribution < 1.29 is 18.3 Å². The van der Waals surface area contributed by atoms with Gasteiger partial charge in [-0.25, -0.2) is 8.42 Å². The van der Waals surface area contributed by atoms with E-state index in [0.717, 1.165) is 0 Å². The zero-order chi connectivity index (χ0) is 19.4. The number of amides is 1. The summed E-state index contributed by atoms with van der Waals surface area (Å²) < 4.78 is 27.3. The number of rotatable bonds is 5. The van der Waals surface area contributed by atoms with Gasteiger partial charge in [-0.15, -0.1) is 0 Å². The third kappa shape index (κ3) is 4.14. The van der Waals surface area contributed by atoms with E-state index in [1.165, 1.54) is 16.4 Å². The van der Waals surface area contributed by atoms with Crippen LogP contribution < -0.4 is 4.31 Å². The summed E-state index contributed by atoms with van der Waals surface area (Å²) in [5, 5.41) is 9.57. The average molecular weight is 388 g/mol. The number of nitrogens with zero attached hydrogens (tertiary/aromatic N) is 2. The normalized spacial score (nSPS) is 15.6. The highest BCUT2D eigenvalue weighted by Crippen LogP contribution is 2.24. The van der Waals surface area contributed by atoms with E-state index in [2.05, 4.69) is 0 Å². The molecule has 1 fully saturated rings. The van der Waals surface area contributed by atoms with Crippen molar-refractivity contribution in [1.82, 2.24) is 4.90 Å². The number of benzene rings is 2. The van der Waals surface area contributed by atoms with E-state index in [-0.39, 0.29) is 16.9 Å². The number of anilines is 1. The number of sulfonamides is 1. The van der Waals surface area contributed by atoms with Crippen LogP contribution in [0, 0.1) is 0 Å². The van der Waals surface area contributed by atoms with Gasteiger partial charge >= 0.3 is 0 Å². The number of likely N-dealkylation sites (tertiary alicyclic amines) is 1. The van der Waals surface area contributed by atoms with Crippen molar-refractivity contribution in [2.75, 3.05) is 23.9 Å². The molecule has 0 unspecified atom stereocenters. The predicted molar refractivity (Wildman–Crippen MR) is 104 cm³/mol. The van der Waals surface area contributed by atoms with Gasteiger partial charge in [-0.3, -0.25) is 9.10 Å². The zero-order valence-electron chi connectivity index (χ0n) is 15.3. The summed E-state index contributed by atoms with van der Waals surface area (Å²) in [6, 6.07) is 15.0. The van der Waals surface area contributed by atoms with Crippen LogP contribution in [0.15, 0.2) is 59.5 Å². The molecule has 1 aliphatic rings. The van der Waals surface area contributed by atoms with Gasteiger partial charge < -0.3 is 10.0 Å². The molecular formula is C20H24N2O4S. The van der Waals surface area contributed by atoms with Gasteiger partial charge in [0.05, 0.1) is 16.7 Å². The van der Waals surface area contributed by atoms with Gasteiger partial charge in [0.2, 0.25) is 0 Å². The lowest BCUT2D eigenvalue weighted by atomic mass is 10.1. The summed E-state index contributed by atoms with van der Waals surface area (Å²) in [4.78, 5) is 14.4. The lowest BCUT2D eigenvalue weighted by Gasteiger charge is -2.29. The molecule has 0 aliphatic carbocycles. The molecule has 0 saturated carbocycles. The fourth-order valence-corrected chi connectivity index (χ4v) is 4.71. The van der Waals surface area contributed by atoms with Gasteiger partial charge in [0.25, 0.3) is 15.9 Å². The van der Waals surface area contributed by atoms with Crippen LogP contribution in [0.1, 0.15) is 30.1 Å². The Morgan fingerprint density at radius 3 is 2.22 bits per heavy atom. The standard InChI is InChI=1S/C20H24N2O4S/c1-2-22(17-6-4-3-5-7-17)27(25,26)19-10-8-16(9-11-19)20(24)21-14-12-18(23)13-15-21/h3-11,18,23H,2,12-15H2,1H3. The first kappa shape index (κ1) is 19.4. The van der Waals surface area contributed by atoms with Crippen LogP contribution in [0.2, 0.25) is 0 Å². The summed E-state index contributed by atoms with van der Waals surface area (Å²) >= 11 is 0. The molecule has 1 saturated heterocycles. The highest BCUT2D eigenvalue weighted by molar-refractivity contribution is 7.92. The first-order valence-electron chi connectivity index (χ1n) is 9.08. The van der Waals surface area contributed by atoms with Gasteiger partial charge in [0.1, 0.15) is 0 Å². The second-order valence-corrected chi connectivity index (χ2v) is 8.42. The minimum atomic E-state index is -3.70. The molecule has 7 heteroatoms. The molecule has 1 N–H and O–H groups in total. The lowest BCUT2D eigenvalue weighted by Crippen LogP contribution is -2.40. The highest BCUT2D eigenvalue weighted by Gasteiger charge is 2.25. The Morgan fingerprint density at radius 1 is 1.07 bits per heavy atom. The van der Waals surface area contributed by atoms with Crippen molar-refractivity contribution in [3.8, 4) is 0 Å². The monoisotopic (exact) mass is 388 g/mol. The maximum atomic E-state index is 13.0. The number of carbonyl (C=O) groups is 1. The van der Waals surface area contributed by atoms with E-state index >= 15 is 0 Å². The molecule has 0 bridgehead atoms. The van der Waals surface area contributed by atoms with Crippen LogP contribution in [-0.2, 0) is 10.0 Å². The molecule has 6 nitrogen and oxygen atoms in total. The molecule has 2 aromatic carbocycles. The zero-order valence-corrected chi connectivity index (χ0v) is 16.1. The maximum absolute atomic E-state index is 13.0. The van der Waals surface area contributed by atoms with Gasteiger partial charge in [-0.2, -0.15) is 0 Å². The molecule has 0 radical (unpaired) electrons. The van der Waals surface area contributed by atoms with E-state index in [1.54, 1.807) is 48.2 Å². The van der Waals surface area contributed by atoms with Crippen molar-refractivity contribution in [3.05, 3.63) is 60.2 Å². The number of hydrogen-bond donors (Lipinski definition) is 1. The molecule has 0 spiro atoms. The van der Waals surface area contributed by atoms with Crippen molar-refractivity contribution >= 4 is 21.6 Å². The number of carbonyl (C=O) groups excluding carboxylic acids is 1. The highest BCUT2D eigenvalue weighted by atomic mass is 32.2. The predicted octanol–water partition coefficient (Wildman–Crippen LogP) is 2.50. The van der Waals surface area contributed by atoms with Crippen LogP contribution in [0.3, 0.4) is 0 Å². The summed E-state index contributed by atoms with van der Waals surface area (Å²) in [7, 11) is -3.70. The molecular weight excluding hydrogens is 364 g/mol. The number of aliphatic hydroxyl groups is 1. The molecule has 2 aromatic rings. The third-order valence-electron chi connectivity index (χ3n) is 4.77. The van der Waals surface area contributed by atoms with E-state index in [9.17, 15) is 18.3 Å². The van der Waals surface area contributed by atoms with Gasteiger partial charge in [0.15, 0.2) is 0 Å². The first-order valence-corrected chi connectivity index (χ1v) is 10.5. The van der Waals surface area contributed by atoms with Crippen molar-refractivity contribution in [2.45, 2.75) is 30.8 Å². The first-order chi connectivity index (χ1) is 12.9. The summed E-state index contributed by atoms with van der Waals surface area (Å²) in [5.41, 5.74) is 1.06. The Labute approximate surface area is 160 Å². The Balaban J connectivity index is 1.80. The molecule has 0 aromatic heterocycles. The van der Waals surface area contributed by atoms with E-state index < -0.39 is 10.0 Å². The van der Waals surface area contributed by atoms with Gasteiger partial charge in [-0.1, -0.05) is 18.2 Å². The Kier molecular flexibility index (Phi) is 5.82. The quantitative estimate of drug-likeness (QED) is 0.854. The number of hydrogen-bond acceptors (Lipinski definition) is 4. The third-order valence-corrected chi connectivity index (χ3v) is 6.69. The number of para-hydroxylation sites is 1. The largest absolute Gasteiger partial charge is 0.393 e. The fraction of sp³-hybridized carbons (Fsp3) is 0.350. The minimum absolute atomic E-state index is 0.138. The number of aliphatic hydroxyl groups excluding tert-OH is 1. The molecule has 0 atom stereocenters. The van der Waals surface area contributed by atoms with Crippen molar-refractivity contribution in [3.63, 3.8) is 0 Å². The van der Waals surface area contributed by atoms with E-state index in [1.807, 2.05) is 6.07 Å². The van der Waals surface area contributed by atoms with E-state index in [0.29, 0.717) is 43.7 Å².